The van der Waals surface area contributed by atoms with Crippen molar-refractivity contribution in [3.63, 3.8) is 0 Å². The first-order valence-corrected chi connectivity index (χ1v) is 12.2. The molecule has 9 nitrogen and oxygen atoms in total. The zero-order chi connectivity index (χ0) is 24.5. The third kappa shape index (κ3) is 4.49. The minimum absolute atomic E-state index is 0.0317. The number of imidazole rings is 1. The van der Waals surface area contributed by atoms with E-state index in [0.29, 0.717) is 42.5 Å². The van der Waals surface area contributed by atoms with Crippen molar-refractivity contribution in [3.05, 3.63) is 46.9 Å². The number of aromatic nitrogens is 4. The Hall–Kier alpha value is -3.43. The van der Waals surface area contributed by atoms with Crippen molar-refractivity contribution in [2.24, 2.45) is 18.9 Å². The number of methoxy groups -OCH3 is 1. The first-order chi connectivity index (χ1) is 17.0. The highest BCUT2D eigenvalue weighted by Gasteiger charge is 2.32. The lowest BCUT2D eigenvalue weighted by atomic mass is 9.81. The summed E-state index contributed by atoms with van der Waals surface area (Å²) >= 11 is 0. The van der Waals surface area contributed by atoms with E-state index in [1.807, 2.05) is 4.90 Å². The molecule has 2 aromatic heterocycles. The second-order valence-corrected chi connectivity index (χ2v) is 9.51. The highest BCUT2D eigenvalue weighted by atomic mass is 19.1. The summed E-state index contributed by atoms with van der Waals surface area (Å²) in [6.07, 6.45) is 6.88. The van der Waals surface area contributed by atoms with Crippen LogP contribution in [0.5, 0.6) is 5.75 Å². The van der Waals surface area contributed by atoms with Crippen molar-refractivity contribution < 1.29 is 13.9 Å². The molecule has 2 aliphatic rings. The third-order valence-electron chi connectivity index (χ3n) is 7.48. The van der Waals surface area contributed by atoms with Crippen molar-refractivity contribution in [1.29, 1.82) is 0 Å². The minimum Gasteiger partial charge on any atom is -0.494 e. The number of fused-ring (bicyclic) bond motifs is 1. The number of amides is 1. The number of benzene rings is 1. The Labute approximate surface area is 203 Å². The van der Waals surface area contributed by atoms with Crippen LogP contribution in [0.2, 0.25) is 0 Å². The number of anilines is 1. The second-order valence-electron chi connectivity index (χ2n) is 9.51. The molecule has 3 aromatic rings. The molecule has 5 rings (SSSR count). The molecular formula is C25H31FN6O3. The number of ether oxygens (including phenoxy) is 1. The number of halogens is 1. The van der Waals surface area contributed by atoms with E-state index in [0.717, 1.165) is 38.8 Å². The summed E-state index contributed by atoms with van der Waals surface area (Å²) in [6.45, 7) is 3.39. The van der Waals surface area contributed by atoms with E-state index in [1.165, 1.54) is 17.7 Å². The Bertz CT molecular complexity index is 1260. The number of hydrogen-bond acceptors (Lipinski definition) is 6. The van der Waals surface area contributed by atoms with Crippen LogP contribution in [-0.4, -0.2) is 63.2 Å². The smallest absolute Gasteiger partial charge is 0.328 e. The lowest BCUT2D eigenvalue weighted by Gasteiger charge is -2.37. The fraction of sp³-hybridized carbons (Fsp3) is 0.520. The zero-order valence-electron chi connectivity index (χ0n) is 20.2. The van der Waals surface area contributed by atoms with E-state index >= 15 is 0 Å². The van der Waals surface area contributed by atoms with Crippen molar-refractivity contribution >= 4 is 22.9 Å². The third-order valence-corrected chi connectivity index (χ3v) is 7.48. The second kappa shape index (κ2) is 9.67. The molecule has 0 unspecified atom stereocenters. The Morgan fingerprint density at radius 2 is 1.74 bits per heavy atom. The Balaban J connectivity index is 1.19. The summed E-state index contributed by atoms with van der Waals surface area (Å²) in [7, 11) is 3.08. The van der Waals surface area contributed by atoms with Gasteiger partial charge in [0.2, 0.25) is 11.9 Å². The van der Waals surface area contributed by atoms with E-state index in [2.05, 4.69) is 14.9 Å². The van der Waals surface area contributed by atoms with Crippen LogP contribution in [0.3, 0.4) is 0 Å². The van der Waals surface area contributed by atoms with Crippen LogP contribution in [0, 0.1) is 17.7 Å². The molecule has 0 bridgehead atoms. The van der Waals surface area contributed by atoms with Crippen molar-refractivity contribution in [2.45, 2.75) is 32.2 Å². The Morgan fingerprint density at radius 3 is 2.40 bits per heavy atom. The van der Waals surface area contributed by atoms with Crippen LogP contribution in [0.1, 0.15) is 25.7 Å². The molecule has 0 radical (unpaired) electrons. The summed E-state index contributed by atoms with van der Waals surface area (Å²) < 4.78 is 22.5. The monoisotopic (exact) mass is 482 g/mol. The van der Waals surface area contributed by atoms with Gasteiger partial charge in [-0.2, -0.15) is 0 Å². The van der Waals surface area contributed by atoms with Gasteiger partial charge in [0.15, 0.2) is 11.6 Å². The quantitative estimate of drug-likeness (QED) is 0.555. The van der Waals surface area contributed by atoms with Crippen molar-refractivity contribution in [3.8, 4) is 5.75 Å². The van der Waals surface area contributed by atoms with Crippen molar-refractivity contribution in [1.82, 2.24) is 24.0 Å². The molecule has 35 heavy (non-hydrogen) atoms. The Morgan fingerprint density at radius 1 is 1.06 bits per heavy atom. The molecule has 0 spiro atoms. The molecule has 1 saturated heterocycles. The molecule has 0 N–H and O–H groups in total. The van der Waals surface area contributed by atoms with Gasteiger partial charge >= 0.3 is 5.69 Å². The number of aryl methyl sites for hydroxylation is 1. The van der Waals surface area contributed by atoms with E-state index in [4.69, 9.17) is 4.74 Å². The summed E-state index contributed by atoms with van der Waals surface area (Å²) in [5, 5.41) is 0. The number of hydrogen-bond donors (Lipinski definition) is 0. The molecule has 10 heteroatoms. The molecule has 1 saturated carbocycles. The summed E-state index contributed by atoms with van der Waals surface area (Å²) in [6, 6.07) is 4.75. The predicted octanol–water partition coefficient (Wildman–Crippen LogP) is 2.43. The maximum Gasteiger partial charge on any atom is 0.328 e. The molecular weight excluding hydrogens is 451 g/mol. The van der Waals surface area contributed by atoms with Gasteiger partial charge in [0.1, 0.15) is 0 Å². The maximum absolute atomic E-state index is 14.2. The molecule has 1 amide bonds. The standard InChI is InChI=1S/C25H31FN6O3/c1-29-20-14-19(26)22(35-2)15-21(20)32(25(29)34)16-17-4-6-18(7-5-17)23(33)30-10-12-31(13-11-30)24-27-8-3-9-28-24/h3,8-9,14-15,17-18H,4-7,10-13,16H2,1-2H3/t17-,18-. The fourth-order valence-corrected chi connectivity index (χ4v) is 5.43. The molecule has 2 fully saturated rings. The van der Waals surface area contributed by atoms with E-state index in [1.54, 1.807) is 36.1 Å². The van der Waals surface area contributed by atoms with E-state index < -0.39 is 5.82 Å². The van der Waals surface area contributed by atoms with Gasteiger partial charge in [-0.1, -0.05) is 0 Å². The van der Waals surface area contributed by atoms with Gasteiger partial charge in [0.05, 0.1) is 18.1 Å². The van der Waals surface area contributed by atoms with Gasteiger partial charge in [-0.3, -0.25) is 13.9 Å². The van der Waals surface area contributed by atoms with E-state index in [-0.39, 0.29) is 23.3 Å². The van der Waals surface area contributed by atoms with E-state index in [9.17, 15) is 14.0 Å². The average Bonchev–Trinajstić information content (AvgIpc) is 3.12. The van der Waals surface area contributed by atoms with Gasteiger partial charge in [0, 0.05) is 70.2 Å². The predicted molar refractivity (Wildman–Crippen MR) is 130 cm³/mol. The molecule has 0 atom stereocenters. The average molecular weight is 483 g/mol. The van der Waals surface area contributed by atoms with Gasteiger partial charge in [-0.15, -0.1) is 0 Å². The Kier molecular flexibility index (Phi) is 6.44. The van der Waals surface area contributed by atoms with Gasteiger partial charge < -0.3 is 14.5 Å². The van der Waals surface area contributed by atoms with Crippen molar-refractivity contribution in [2.75, 3.05) is 38.2 Å². The number of nitrogens with zero attached hydrogens (tertiary/aromatic N) is 6. The topological polar surface area (TPSA) is 85.5 Å². The lowest BCUT2D eigenvalue weighted by molar-refractivity contribution is -0.137. The molecule has 1 aromatic carbocycles. The largest absolute Gasteiger partial charge is 0.494 e. The SMILES string of the molecule is COc1cc2c(cc1F)n(C)c(=O)n2C[C@H]1CC[C@H](C(=O)N2CCN(c3ncccn3)CC2)CC1. The molecule has 3 heterocycles. The number of carbonyl (C=O) groups excluding carboxylic acids is 1. The van der Waals surface area contributed by atoms with Gasteiger partial charge in [-0.25, -0.2) is 19.2 Å². The normalized spacial score (nSPS) is 20.9. The maximum atomic E-state index is 14.2. The van der Waals surface area contributed by atoms with Crippen LogP contribution < -0.4 is 15.3 Å². The zero-order valence-corrected chi connectivity index (χ0v) is 20.2. The van der Waals surface area contributed by atoms with Crippen LogP contribution in [-0.2, 0) is 18.4 Å². The fourth-order valence-electron chi connectivity index (χ4n) is 5.43. The number of carbonyl (C=O) groups is 1. The van der Waals surface area contributed by atoms with Crippen LogP contribution in [0.15, 0.2) is 35.4 Å². The highest BCUT2D eigenvalue weighted by Crippen LogP contribution is 2.32. The van der Waals surface area contributed by atoms with Gasteiger partial charge in [-0.05, 0) is 37.7 Å². The molecule has 186 valence electrons. The summed E-state index contributed by atoms with van der Waals surface area (Å²) in [5.41, 5.74) is 1.07. The van der Waals surface area contributed by atoms with Crippen LogP contribution in [0.4, 0.5) is 10.3 Å². The summed E-state index contributed by atoms with van der Waals surface area (Å²) in [4.78, 5) is 38.7. The molecule has 1 aliphatic carbocycles. The van der Waals surface area contributed by atoms with Crippen LogP contribution >= 0.6 is 0 Å². The summed E-state index contributed by atoms with van der Waals surface area (Å²) in [5.74, 6) is 0.924. The first kappa shape index (κ1) is 23.3. The first-order valence-electron chi connectivity index (χ1n) is 12.2. The highest BCUT2D eigenvalue weighted by molar-refractivity contribution is 5.79. The molecule has 1 aliphatic heterocycles. The van der Waals surface area contributed by atoms with Crippen LogP contribution in [0.25, 0.3) is 11.0 Å². The minimum atomic E-state index is -0.483. The number of rotatable bonds is 5. The lowest BCUT2D eigenvalue weighted by Crippen LogP contribution is -2.51. The van der Waals surface area contributed by atoms with Gasteiger partial charge in [0.25, 0.3) is 0 Å². The number of piperazine rings is 1.